The number of primary amides is 1. The van der Waals surface area contributed by atoms with E-state index in [1.807, 2.05) is 29.2 Å². The summed E-state index contributed by atoms with van der Waals surface area (Å²) in [4.78, 5) is 24.7. The molecule has 2 aromatic carbocycles. The number of fused-ring (bicyclic) bond motifs is 1. The highest BCUT2D eigenvalue weighted by Crippen LogP contribution is 2.40. The number of aliphatic hydroxyl groups excluding tert-OH is 1. The zero-order valence-electron chi connectivity index (χ0n) is 22.2. The van der Waals surface area contributed by atoms with Crippen LogP contribution in [0.2, 0.25) is 5.02 Å². The van der Waals surface area contributed by atoms with Crippen molar-refractivity contribution >= 4 is 45.7 Å². The molecule has 0 aliphatic carbocycles. The summed E-state index contributed by atoms with van der Waals surface area (Å²) >= 11 is 6.34. The normalized spacial score (nSPS) is 15.4. The standard InChI is InChI=1S/C28H32ClN7O4/c1-39-24-14-22-23(15-25(24)40-10-4-9-35-8-3-7-21(35)16-37)31-17-32-28(22)36(20-6-2-5-18(29)11-20)27-13-19(33-34-27)12-26(30)38/h2,5-6,11,13-15,17,21,37H,3-4,7-10,12,16H2,1H3,(H2,30,38)(H,33,34)/t21-/m1/s1. The number of likely N-dealkylation sites (tertiary alicyclic amines) is 1. The van der Waals surface area contributed by atoms with Gasteiger partial charge in [0.15, 0.2) is 17.3 Å². The van der Waals surface area contributed by atoms with Gasteiger partial charge in [0.05, 0.1) is 37.9 Å². The zero-order chi connectivity index (χ0) is 28.1. The molecule has 0 spiro atoms. The summed E-state index contributed by atoms with van der Waals surface area (Å²) < 4.78 is 11.8. The van der Waals surface area contributed by atoms with E-state index >= 15 is 0 Å². The van der Waals surface area contributed by atoms with Gasteiger partial charge in [0, 0.05) is 40.8 Å². The third-order valence-corrected chi connectivity index (χ3v) is 7.18. The van der Waals surface area contributed by atoms with Gasteiger partial charge in [-0.3, -0.25) is 19.7 Å². The number of aromatic nitrogens is 4. The maximum absolute atomic E-state index is 11.5. The Balaban J connectivity index is 1.46. The molecule has 3 heterocycles. The van der Waals surface area contributed by atoms with Crippen LogP contribution in [0.15, 0.2) is 48.8 Å². The quantitative estimate of drug-likeness (QED) is 0.219. The second-order valence-electron chi connectivity index (χ2n) is 9.64. The van der Waals surface area contributed by atoms with Crippen LogP contribution in [0.5, 0.6) is 11.5 Å². The third kappa shape index (κ3) is 6.11. The molecule has 0 saturated carbocycles. The highest BCUT2D eigenvalue weighted by atomic mass is 35.5. The minimum absolute atomic E-state index is 0.0217. The molecule has 1 aliphatic heterocycles. The summed E-state index contributed by atoms with van der Waals surface area (Å²) in [5, 5.41) is 18.1. The summed E-state index contributed by atoms with van der Waals surface area (Å²) in [5.41, 5.74) is 7.32. The van der Waals surface area contributed by atoms with Gasteiger partial charge in [-0.15, -0.1) is 0 Å². The summed E-state index contributed by atoms with van der Waals surface area (Å²) in [5.74, 6) is 1.69. The maximum Gasteiger partial charge on any atom is 0.223 e. The molecule has 0 unspecified atom stereocenters. The molecule has 1 atom stereocenters. The number of aliphatic hydroxyl groups is 1. The Bertz CT molecular complexity index is 1480. The largest absolute Gasteiger partial charge is 0.493 e. The number of hydrogen-bond acceptors (Lipinski definition) is 9. The van der Waals surface area contributed by atoms with E-state index in [-0.39, 0.29) is 19.1 Å². The number of carbonyl (C=O) groups is 1. The van der Waals surface area contributed by atoms with Gasteiger partial charge in [0.2, 0.25) is 5.91 Å². The van der Waals surface area contributed by atoms with Crippen molar-refractivity contribution in [1.82, 2.24) is 25.1 Å². The molecule has 1 saturated heterocycles. The first-order valence-electron chi connectivity index (χ1n) is 13.2. The monoisotopic (exact) mass is 565 g/mol. The number of aromatic amines is 1. The lowest BCUT2D eigenvalue weighted by molar-refractivity contribution is -0.117. The number of ether oxygens (including phenoxy) is 2. The lowest BCUT2D eigenvalue weighted by Crippen LogP contribution is -2.33. The Hall–Kier alpha value is -3.93. The zero-order valence-corrected chi connectivity index (χ0v) is 23.0. The van der Waals surface area contributed by atoms with Crippen LogP contribution in [0.4, 0.5) is 17.3 Å². The third-order valence-electron chi connectivity index (χ3n) is 6.95. The van der Waals surface area contributed by atoms with Gasteiger partial charge in [-0.2, -0.15) is 5.10 Å². The van der Waals surface area contributed by atoms with E-state index in [1.165, 1.54) is 6.33 Å². The van der Waals surface area contributed by atoms with Crippen molar-refractivity contribution in [2.75, 3.05) is 38.3 Å². The summed E-state index contributed by atoms with van der Waals surface area (Å²) in [6, 6.07) is 13.0. The molecule has 0 bridgehead atoms. The number of carbonyl (C=O) groups excluding carboxylic acids is 1. The molecule has 2 aromatic heterocycles. The van der Waals surface area contributed by atoms with Crippen LogP contribution in [0, 0.1) is 0 Å². The van der Waals surface area contributed by atoms with E-state index in [9.17, 15) is 9.90 Å². The Kier molecular flexibility index (Phi) is 8.63. The van der Waals surface area contributed by atoms with E-state index in [4.69, 9.17) is 26.8 Å². The van der Waals surface area contributed by atoms with Crippen molar-refractivity contribution < 1.29 is 19.4 Å². The van der Waals surface area contributed by atoms with Gasteiger partial charge in [0.25, 0.3) is 0 Å². The summed E-state index contributed by atoms with van der Waals surface area (Å²) in [6.07, 6.45) is 4.47. The molecule has 1 aliphatic rings. The number of nitrogens with zero attached hydrogens (tertiary/aromatic N) is 5. The number of nitrogens with one attached hydrogen (secondary N) is 1. The Labute approximate surface area is 236 Å². The van der Waals surface area contributed by atoms with E-state index < -0.39 is 5.91 Å². The van der Waals surface area contributed by atoms with Gasteiger partial charge in [0.1, 0.15) is 12.1 Å². The van der Waals surface area contributed by atoms with E-state index in [0.29, 0.717) is 57.0 Å². The van der Waals surface area contributed by atoms with Gasteiger partial charge in [-0.05, 0) is 50.1 Å². The van der Waals surface area contributed by atoms with Crippen LogP contribution in [0.3, 0.4) is 0 Å². The van der Waals surface area contributed by atoms with Crippen LogP contribution >= 0.6 is 11.6 Å². The first kappa shape index (κ1) is 27.6. The lowest BCUT2D eigenvalue weighted by Gasteiger charge is -2.23. The van der Waals surface area contributed by atoms with Gasteiger partial charge >= 0.3 is 0 Å². The van der Waals surface area contributed by atoms with Gasteiger partial charge in [-0.25, -0.2) is 9.97 Å². The van der Waals surface area contributed by atoms with E-state index in [0.717, 1.165) is 32.4 Å². The molecule has 1 amide bonds. The van der Waals surface area contributed by atoms with E-state index in [1.54, 1.807) is 25.3 Å². The van der Waals surface area contributed by atoms with Crippen LogP contribution < -0.4 is 20.1 Å². The fourth-order valence-corrected chi connectivity index (χ4v) is 5.25. The van der Waals surface area contributed by atoms with Crippen LogP contribution in [0.1, 0.15) is 25.0 Å². The SMILES string of the molecule is COc1cc2c(N(c3cccc(Cl)c3)c3cc(CC(N)=O)[nH]n3)ncnc2cc1OCCCN1CCC[C@@H]1CO. The number of rotatable bonds is 12. The second-order valence-corrected chi connectivity index (χ2v) is 10.1. The van der Waals surface area contributed by atoms with Crippen molar-refractivity contribution in [3.05, 3.63) is 59.5 Å². The van der Waals surface area contributed by atoms with Crippen LogP contribution in [0.25, 0.3) is 10.9 Å². The number of hydrogen-bond donors (Lipinski definition) is 3. The molecule has 5 rings (SSSR count). The number of benzene rings is 2. The number of nitrogens with two attached hydrogens (primary N) is 1. The fraction of sp³-hybridized carbons (Fsp3) is 0.357. The molecule has 4 aromatic rings. The van der Waals surface area contributed by atoms with Crippen LogP contribution in [-0.2, 0) is 11.2 Å². The van der Waals surface area contributed by atoms with Gasteiger partial charge in [-0.1, -0.05) is 17.7 Å². The van der Waals surface area contributed by atoms with Crippen molar-refractivity contribution in [2.45, 2.75) is 31.7 Å². The molecule has 0 radical (unpaired) electrons. The average Bonchev–Trinajstić information content (AvgIpc) is 3.60. The smallest absolute Gasteiger partial charge is 0.223 e. The number of H-pyrrole nitrogens is 1. The minimum Gasteiger partial charge on any atom is -0.493 e. The van der Waals surface area contributed by atoms with Crippen molar-refractivity contribution in [3.63, 3.8) is 0 Å². The summed E-state index contributed by atoms with van der Waals surface area (Å²) in [6.45, 7) is 2.56. The molecular weight excluding hydrogens is 534 g/mol. The molecule has 12 heteroatoms. The lowest BCUT2D eigenvalue weighted by atomic mass is 10.1. The first-order chi connectivity index (χ1) is 19.5. The van der Waals surface area contributed by atoms with Gasteiger partial charge < -0.3 is 20.3 Å². The molecular formula is C28H32ClN7O4. The Morgan fingerprint density at radius 2 is 2.12 bits per heavy atom. The topological polar surface area (TPSA) is 143 Å². The average molecular weight is 566 g/mol. The van der Waals surface area contributed by atoms with Crippen molar-refractivity contribution in [1.29, 1.82) is 0 Å². The predicted octanol–water partition coefficient (Wildman–Crippen LogP) is 3.74. The maximum atomic E-state index is 11.5. The molecule has 4 N–H and O–H groups in total. The number of amides is 1. The van der Waals surface area contributed by atoms with Crippen molar-refractivity contribution in [2.24, 2.45) is 5.73 Å². The van der Waals surface area contributed by atoms with E-state index in [2.05, 4.69) is 25.1 Å². The summed E-state index contributed by atoms with van der Waals surface area (Å²) in [7, 11) is 1.59. The highest BCUT2D eigenvalue weighted by molar-refractivity contribution is 6.30. The number of halogens is 1. The Morgan fingerprint density at radius 3 is 2.90 bits per heavy atom. The molecule has 11 nitrogen and oxygen atoms in total. The highest BCUT2D eigenvalue weighted by Gasteiger charge is 2.24. The molecule has 1 fully saturated rings. The minimum atomic E-state index is -0.470. The Morgan fingerprint density at radius 1 is 1.25 bits per heavy atom. The number of anilines is 3. The second kappa shape index (κ2) is 12.5. The molecule has 40 heavy (non-hydrogen) atoms. The molecule has 210 valence electrons. The van der Waals surface area contributed by atoms with Crippen LogP contribution in [-0.4, -0.2) is 75.5 Å². The number of methoxy groups -OCH3 is 1. The van der Waals surface area contributed by atoms with Crippen molar-refractivity contribution in [3.8, 4) is 11.5 Å². The first-order valence-corrected chi connectivity index (χ1v) is 13.5. The predicted molar refractivity (Wildman–Crippen MR) is 153 cm³/mol. The fourth-order valence-electron chi connectivity index (χ4n) is 5.07.